The topological polar surface area (TPSA) is 78.8 Å². The van der Waals surface area contributed by atoms with Crippen LogP contribution < -0.4 is 5.32 Å². The van der Waals surface area contributed by atoms with E-state index in [-0.39, 0.29) is 24.0 Å². The Labute approximate surface area is 175 Å². The first kappa shape index (κ1) is 19.6. The maximum atomic E-state index is 12.1. The summed E-state index contributed by atoms with van der Waals surface area (Å²) < 4.78 is 5.49. The highest BCUT2D eigenvalue weighted by atomic mass is 16.5. The first-order chi connectivity index (χ1) is 14.6. The van der Waals surface area contributed by atoms with Gasteiger partial charge in [-0.05, 0) is 40.8 Å². The third-order valence-electron chi connectivity index (χ3n) is 5.24. The first-order valence-corrected chi connectivity index (χ1v) is 9.91. The molecule has 5 heteroatoms. The van der Waals surface area contributed by atoms with Crippen LogP contribution in [0.15, 0.2) is 72.8 Å². The SMILES string of the molecule is O=C(NCCC=Cc1ccc(O)cc1O)OCC1c2ccccc2-c2ccccc21. The van der Waals surface area contributed by atoms with Gasteiger partial charge >= 0.3 is 6.09 Å². The van der Waals surface area contributed by atoms with Crippen molar-refractivity contribution in [2.75, 3.05) is 13.2 Å². The summed E-state index contributed by atoms with van der Waals surface area (Å²) in [6.07, 6.45) is 3.73. The van der Waals surface area contributed by atoms with Crippen LogP contribution in [0.25, 0.3) is 17.2 Å². The Hall–Kier alpha value is -3.73. The molecule has 5 nitrogen and oxygen atoms in total. The minimum Gasteiger partial charge on any atom is -0.508 e. The number of carbonyl (C=O) groups is 1. The summed E-state index contributed by atoms with van der Waals surface area (Å²) >= 11 is 0. The molecular formula is C25H23NO4. The zero-order valence-electron chi connectivity index (χ0n) is 16.4. The molecule has 0 spiro atoms. The second-order valence-electron chi connectivity index (χ2n) is 7.19. The molecule has 0 bridgehead atoms. The lowest BCUT2D eigenvalue weighted by atomic mass is 9.98. The fraction of sp³-hybridized carbons (Fsp3) is 0.160. The minimum atomic E-state index is -0.447. The van der Waals surface area contributed by atoms with E-state index < -0.39 is 6.09 Å². The van der Waals surface area contributed by atoms with Crippen LogP contribution in [0.3, 0.4) is 0 Å². The van der Waals surface area contributed by atoms with Crippen LogP contribution in [0.5, 0.6) is 11.5 Å². The molecule has 0 unspecified atom stereocenters. The van der Waals surface area contributed by atoms with E-state index in [4.69, 9.17) is 4.74 Å². The number of amides is 1. The van der Waals surface area contributed by atoms with Gasteiger partial charge in [-0.3, -0.25) is 0 Å². The van der Waals surface area contributed by atoms with E-state index in [1.165, 1.54) is 34.4 Å². The van der Waals surface area contributed by atoms with Crippen LogP contribution in [0.1, 0.15) is 29.0 Å². The van der Waals surface area contributed by atoms with E-state index in [1.54, 1.807) is 12.1 Å². The van der Waals surface area contributed by atoms with Crippen molar-refractivity contribution < 1.29 is 19.7 Å². The number of rotatable bonds is 6. The summed E-state index contributed by atoms with van der Waals surface area (Å²) in [5, 5.41) is 21.8. The molecular weight excluding hydrogens is 378 g/mol. The van der Waals surface area contributed by atoms with Gasteiger partial charge in [-0.1, -0.05) is 60.7 Å². The fourth-order valence-corrected chi connectivity index (χ4v) is 3.79. The molecule has 3 aromatic carbocycles. The van der Waals surface area contributed by atoms with E-state index in [2.05, 4.69) is 29.6 Å². The maximum absolute atomic E-state index is 12.1. The van der Waals surface area contributed by atoms with Crippen molar-refractivity contribution in [3.63, 3.8) is 0 Å². The molecule has 0 aliphatic heterocycles. The third-order valence-corrected chi connectivity index (χ3v) is 5.24. The van der Waals surface area contributed by atoms with Crippen molar-refractivity contribution >= 4 is 12.2 Å². The average Bonchev–Trinajstić information content (AvgIpc) is 3.07. The number of nitrogens with one attached hydrogen (secondary N) is 1. The molecule has 3 aromatic rings. The maximum Gasteiger partial charge on any atom is 0.407 e. The van der Waals surface area contributed by atoms with Gasteiger partial charge in [-0.15, -0.1) is 0 Å². The molecule has 0 fully saturated rings. The number of hydrogen-bond acceptors (Lipinski definition) is 4. The molecule has 0 radical (unpaired) electrons. The second-order valence-corrected chi connectivity index (χ2v) is 7.19. The lowest BCUT2D eigenvalue weighted by molar-refractivity contribution is 0.143. The first-order valence-electron chi connectivity index (χ1n) is 9.91. The van der Waals surface area contributed by atoms with Gasteiger partial charge in [0.05, 0.1) is 0 Å². The molecule has 1 amide bonds. The number of aromatic hydroxyl groups is 2. The highest BCUT2D eigenvalue weighted by Gasteiger charge is 2.28. The Balaban J connectivity index is 1.28. The monoisotopic (exact) mass is 401 g/mol. The normalized spacial score (nSPS) is 12.5. The highest BCUT2D eigenvalue weighted by Crippen LogP contribution is 2.44. The van der Waals surface area contributed by atoms with Gasteiger partial charge in [-0.2, -0.15) is 0 Å². The quantitative estimate of drug-likeness (QED) is 0.506. The number of hydrogen-bond donors (Lipinski definition) is 3. The van der Waals surface area contributed by atoms with Gasteiger partial charge < -0.3 is 20.3 Å². The Morgan fingerprint density at radius 3 is 2.30 bits per heavy atom. The van der Waals surface area contributed by atoms with E-state index >= 15 is 0 Å². The van der Waals surface area contributed by atoms with Crippen molar-refractivity contribution in [2.24, 2.45) is 0 Å². The molecule has 1 aliphatic carbocycles. The molecule has 4 rings (SSSR count). The predicted molar refractivity (Wildman–Crippen MR) is 116 cm³/mol. The number of fused-ring (bicyclic) bond motifs is 3. The van der Waals surface area contributed by atoms with Crippen LogP contribution >= 0.6 is 0 Å². The van der Waals surface area contributed by atoms with Crippen LogP contribution in [0, 0.1) is 0 Å². The van der Waals surface area contributed by atoms with Gasteiger partial charge in [-0.25, -0.2) is 4.79 Å². The number of phenolic OH excluding ortho intramolecular Hbond substituents is 2. The second kappa shape index (κ2) is 8.74. The van der Waals surface area contributed by atoms with Crippen molar-refractivity contribution in [3.05, 3.63) is 89.5 Å². The van der Waals surface area contributed by atoms with Crippen LogP contribution in [0.2, 0.25) is 0 Å². The lowest BCUT2D eigenvalue weighted by Crippen LogP contribution is -2.26. The molecule has 152 valence electrons. The summed E-state index contributed by atoms with van der Waals surface area (Å²) in [6.45, 7) is 0.711. The van der Waals surface area contributed by atoms with Gasteiger partial charge in [0.25, 0.3) is 0 Å². The summed E-state index contributed by atoms with van der Waals surface area (Å²) in [5.41, 5.74) is 5.37. The van der Waals surface area contributed by atoms with E-state index in [1.807, 2.05) is 30.3 Å². The fourth-order valence-electron chi connectivity index (χ4n) is 3.79. The molecule has 1 aliphatic rings. The summed E-state index contributed by atoms with van der Waals surface area (Å²) in [6, 6.07) is 20.9. The molecule has 0 saturated heterocycles. The molecule has 0 heterocycles. The molecule has 0 saturated carbocycles. The number of alkyl carbamates (subject to hydrolysis) is 1. The zero-order chi connectivity index (χ0) is 20.9. The van der Waals surface area contributed by atoms with Crippen molar-refractivity contribution in [1.29, 1.82) is 0 Å². The minimum absolute atomic E-state index is 0.00995. The Kier molecular flexibility index (Phi) is 5.70. The van der Waals surface area contributed by atoms with Crippen molar-refractivity contribution in [1.82, 2.24) is 5.32 Å². The van der Waals surface area contributed by atoms with Crippen LogP contribution in [-0.2, 0) is 4.74 Å². The number of carbonyl (C=O) groups excluding carboxylic acids is 1. The zero-order valence-corrected chi connectivity index (χ0v) is 16.4. The number of phenols is 2. The van der Waals surface area contributed by atoms with E-state index in [0.717, 1.165) is 0 Å². The largest absolute Gasteiger partial charge is 0.508 e. The summed E-state index contributed by atoms with van der Waals surface area (Å²) in [5.74, 6) is 0.0674. The van der Waals surface area contributed by atoms with E-state index in [0.29, 0.717) is 18.5 Å². The molecule has 0 aromatic heterocycles. The molecule has 3 N–H and O–H groups in total. The van der Waals surface area contributed by atoms with Crippen LogP contribution in [-0.4, -0.2) is 29.5 Å². The highest BCUT2D eigenvalue weighted by molar-refractivity contribution is 5.79. The van der Waals surface area contributed by atoms with Gasteiger partial charge in [0.15, 0.2) is 0 Å². The number of benzene rings is 3. The Morgan fingerprint density at radius 2 is 1.63 bits per heavy atom. The van der Waals surface area contributed by atoms with Gasteiger partial charge in [0, 0.05) is 24.1 Å². The predicted octanol–water partition coefficient (Wildman–Crippen LogP) is 5.04. The molecule has 30 heavy (non-hydrogen) atoms. The smallest absolute Gasteiger partial charge is 0.407 e. The van der Waals surface area contributed by atoms with Crippen molar-refractivity contribution in [2.45, 2.75) is 12.3 Å². The van der Waals surface area contributed by atoms with Crippen molar-refractivity contribution in [3.8, 4) is 22.6 Å². The van der Waals surface area contributed by atoms with E-state index in [9.17, 15) is 15.0 Å². The third kappa shape index (κ3) is 4.15. The number of ether oxygens (including phenoxy) is 1. The lowest BCUT2D eigenvalue weighted by Gasteiger charge is -2.14. The average molecular weight is 401 g/mol. The summed E-state index contributed by atoms with van der Waals surface area (Å²) in [4.78, 5) is 12.1. The Morgan fingerprint density at radius 1 is 0.967 bits per heavy atom. The van der Waals surface area contributed by atoms with Gasteiger partial charge in [0.1, 0.15) is 18.1 Å². The molecule has 0 atom stereocenters. The van der Waals surface area contributed by atoms with Crippen LogP contribution in [0.4, 0.5) is 4.79 Å². The van der Waals surface area contributed by atoms with Gasteiger partial charge in [0.2, 0.25) is 0 Å². The standard InChI is InChI=1S/C25H23NO4/c27-18-13-12-17(24(28)15-18)7-5-6-14-26-25(29)30-16-23-21-10-3-1-8-19(21)20-9-2-4-11-22(20)23/h1-5,7-13,15,23,27-28H,6,14,16H2,(H,26,29). The Bertz CT molecular complexity index is 1040. The summed E-state index contributed by atoms with van der Waals surface area (Å²) in [7, 11) is 0.